The second kappa shape index (κ2) is 4.19. The first-order valence-corrected chi connectivity index (χ1v) is 4.54. The fraction of sp³-hybridized carbons (Fsp3) is 0.800. The Balaban J connectivity index is 4.84. The molecule has 14 heavy (non-hydrogen) atoms. The van der Waals surface area contributed by atoms with Crippen molar-refractivity contribution in [2.24, 2.45) is 16.1 Å². The summed E-state index contributed by atoms with van der Waals surface area (Å²) in [6, 6.07) is 4.11. The lowest BCUT2D eigenvalue weighted by Crippen LogP contribution is -2.27. The van der Waals surface area contributed by atoms with Gasteiger partial charge >= 0.3 is 0 Å². The second-order valence-electron chi connectivity index (χ2n) is 4.28. The third kappa shape index (κ3) is 3.14. The van der Waals surface area contributed by atoms with Gasteiger partial charge in [-0.15, -0.1) is 0 Å². The molecule has 0 amide bonds. The highest BCUT2D eigenvalue weighted by molar-refractivity contribution is 5.07. The number of hydrogen-bond donors (Lipinski definition) is 0. The second-order valence-corrected chi connectivity index (χ2v) is 4.28. The number of hydrogen-bond acceptors (Lipinski definition) is 4. The standard InChI is InChI=1S/C10H16N4/c1-8(2)10(5,7-12)14-13-9(3,4)6-11/h8H,1-5H3. The van der Waals surface area contributed by atoms with Crippen molar-refractivity contribution in [3.63, 3.8) is 0 Å². The number of nitriles is 2. The molecule has 0 bridgehead atoms. The summed E-state index contributed by atoms with van der Waals surface area (Å²) in [6.07, 6.45) is 0. The van der Waals surface area contributed by atoms with Gasteiger partial charge in [-0.05, 0) is 26.7 Å². The van der Waals surface area contributed by atoms with Crippen LogP contribution in [-0.2, 0) is 0 Å². The molecule has 0 aromatic carbocycles. The zero-order valence-corrected chi connectivity index (χ0v) is 9.37. The van der Waals surface area contributed by atoms with Gasteiger partial charge in [-0.25, -0.2) is 0 Å². The lowest BCUT2D eigenvalue weighted by Gasteiger charge is -2.20. The maximum Gasteiger partial charge on any atom is 0.167 e. The Labute approximate surface area is 85.3 Å². The van der Waals surface area contributed by atoms with Crippen molar-refractivity contribution in [1.82, 2.24) is 0 Å². The molecule has 0 aliphatic carbocycles. The molecule has 0 aromatic rings. The average Bonchev–Trinajstić information content (AvgIpc) is 2.14. The van der Waals surface area contributed by atoms with E-state index in [9.17, 15) is 0 Å². The van der Waals surface area contributed by atoms with Crippen molar-refractivity contribution in [3.05, 3.63) is 0 Å². The Morgan fingerprint density at radius 1 is 1.00 bits per heavy atom. The van der Waals surface area contributed by atoms with Gasteiger partial charge in [0.15, 0.2) is 11.1 Å². The first-order valence-electron chi connectivity index (χ1n) is 4.54. The van der Waals surface area contributed by atoms with Crippen molar-refractivity contribution in [3.8, 4) is 12.1 Å². The lowest BCUT2D eigenvalue weighted by atomic mass is 9.91. The molecule has 0 rings (SSSR count). The van der Waals surface area contributed by atoms with Gasteiger partial charge in [0.1, 0.15) is 0 Å². The molecule has 1 atom stereocenters. The summed E-state index contributed by atoms with van der Waals surface area (Å²) in [5.41, 5.74) is -1.69. The monoisotopic (exact) mass is 192 g/mol. The van der Waals surface area contributed by atoms with E-state index in [1.807, 2.05) is 19.9 Å². The molecule has 0 aliphatic rings. The van der Waals surface area contributed by atoms with Crippen LogP contribution in [0.1, 0.15) is 34.6 Å². The van der Waals surface area contributed by atoms with Crippen LogP contribution >= 0.6 is 0 Å². The Kier molecular flexibility index (Phi) is 3.77. The van der Waals surface area contributed by atoms with Crippen molar-refractivity contribution in [2.45, 2.75) is 45.7 Å². The summed E-state index contributed by atoms with van der Waals surface area (Å²) in [5, 5.41) is 25.5. The van der Waals surface area contributed by atoms with Crippen LogP contribution in [-0.4, -0.2) is 11.1 Å². The van der Waals surface area contributed by atoms with E-state index in [0.29, 0.717) is 0 Å². The summed E-state index contributed by atoms with van der Waals surface area (Å²) in [5.74, 6) is 0.0748. The molecule has 0 aliphatic heterocycles. The van der Waals surface area contributed by atoms with Crippen LogP contribution in [0.25, 0.3) is 0 Å². The summed E-state index contributed by atoms with van der Waals surface area (Å²) in [6.45, 7) is 8.85. The topological polar surface area (TPSA) is 72.3 Å². The van der Waals surface area contributed by atoms with E-state index in [-0.39, 0.29) is 5.92 Å². The molecule has 0 aromatic heterocycles. The largest absolute Gasteiger partial charge is 0.196 e. The molecule has 4 nitrogen and oxygen atoms in total. The quantitative estimate of drug-likeness (QED) is 0.645. The van der Waals surface area contributed by atoms with Gasteiger partial charge in [-0.2, -0.15) is 20.8 Å². The Morgan fingerprint density at radius 3 is 1.79 bits per heavy atom. The predicted molar refractivity (Wildman–Crippen MR) is 53.4 cm³/mol. The van der Waals surface area contributed by atoms with Crippen LogP contribution in [0, 0.1) is 28.6 Å². The summed E-state index contributed by atoms with van der Waals surface area (Å²) < 4.78 is 0. The highest BCUT2D eigenvalue weighted by atomic mass is 15.2. The van der Waals surface area contributed by atoms with E-state index in [2.05, 4.69) is 16.3 Å². The molecule has 0 N–H and O–H groups in total. The van der Waals surface area contributed by atoms with Gasteiger partial charge in [0, 0.05) is 0 Å². The summed E-state index contributed by atoms with van der Waals surface area (Å²) in [7, 11) is 0. The summed E-state index contributed by atoms with van der Waals surface area (Å²) in [4.78, 5) is 0. The zero-order chi connectivity index (χ0) is 11.4. The smallest absolute Gasteiger partial charge is 0.167 e. The number of nitrogens with zero attached hydrogens (tertiary/aromatic N) is 4. The minimum absolute atomic E-state index is 0.0748. The van der Waals surface area contributed by atoms with Crippen LogP contribution in [0.15, 0.2) is 10.2 Å². The molecule has 0 radical (unpaired) electrons. The first kappa shape index (κ1) is 12.6. The van der Waals surface area contributed by atoms with Gasteiger partial charge < -0.3 is 0 Å². The average molecular weight is 192 g/mol. The number of rotatable bonds is 3. The Morgan fingerprint density at radius 2 is 1.50 bits per heavy atom. The van der Waals surface area contributed by atoms with Crippen LogP contribution in [0.4, 0.5) is 0 Å². The minimum atomic E-state index is -0.854. The van der Waals surface area contributed by atoms with E-state index in [1.54, 1.807) is 20.8 Å². The van der Waals surface area contributed by atoms with Gasteiger partial charge in [0.05, 0.1) is 12.1 Å². The van der Waals surface area contributed by atoms with Crippen LogP contribution in [0.5, 0.6) is 0 Å². The molecule has 0 saturated heterocycles. The normalized spacial score (nSPS) is 16.3. The molecule has 4 heteroatoms. The van der Waals surface area contributed by atoms with Crippen LogP contribution < -0.4 is 0 Å². The van der Waals surface area contributed by atoms with E-state index in [1.165, 1.54) is 0 Å². The molecular weight excluding hydrogens is 176 g/mol. The fourth-order valence-electron chi connectivity index (χ4n) is 0.518. The van der Waals surface area contributed by atoms with Crippen LogP contribution in [0.2, 0.25) is 0 Å². The molecule has 1 unspecified atom stereocenters. The Hall–Kier alpha value is -1.42. The summed E-state index contributed by atoms with van der Waals surface area (Å²) >= 11 is 0. The fourth-order valence-corrected chi connectivity index (χ4v) is 0.518. The van der Waals surface area contributed by atoms with Crippen molar-refractivity contribution in [2.75, 3.05) is 0 Å². The van der Waals surface area contributed by atoms with Crippen molar-refractivity contribution < 1.29 is 0 Å². The third-order valence-electron chi connectivity index (χ3n) is 2.13. The van der Waals surface area contributed by atoms with E-state index in [0.717, 1.165) is 0 Å². The Bertz CT molecular complexity index is 303. The van der Waals surface area contributed by atoms with Gasteiger partial charge in [-0.3, -0.25) is 0 Å². The predicted octanol–water partition coefficient (Wildman–Crippen LogP) is 2.68. The van der Waals surface area contributed by atoms with E-state index >= 15 is 0 Å². The SMILES string of the molecule is CC(C)C(C)(C#N)N=NC(C)(C)C#N. The van der Waals surface area contributed by atoms with Crippen LogP contribution in [0.3, 0.4) is 0 Å². The molecule has 0 saturated carbocycles. The molecule has 76 valence electrons. The third-order valence-corrected chi connectivity index (χ3v) is 2.13. The zero-order valence-electron chi connectivity index (χ0n) is 9.37. The molecule has 0 spiro atoms. The molecular formula is C10H16N4. The van der Waals surface area contributed by atoms with Crippen molar-refractivity contribution in [1.29, 1.82) is 10.5 Å². The maximum absolute atomic E-state index is 8.94. The lowest BCUT2D eigenvalue weighted by molar-refractivity contribution is 0.397. The molecule has 0 fully saturated rings. The van der Waals surface area contributed by atoms with Gasteiger partial charge in [0.25, 0.3) is 0 Å². The highest BCUT2D eigenvalue weighted by Crippen LogP contribution is 2.22. The van der Waals surface area contributed by atoms with E-state index < -0.39 is 11.1 Å². The van der Waals surface area contributed by atoms with Crippen molar-refractivity contribution >= 4 is 0 Å². The minimum Gasteiger partial charge on any atom is -0.196 e. The van der Waals surface area contributed by atoms with Gasteiger partial charge in [-0.1, -0.05) is 13.8 Å². The maximum atomic E-state index is 8.94. The first-order chi connectivity index (χ1) is 6.27. The molecule has 0 heterocycles. The van der Waals surface area contributed by atoms with Gasteiger partial charge in [0.2, 0.25) is 0 Å². The number of azo groups is 1. The highest BCUT2D eigenvalue weighted by Gasteiger charge is 2.29. The van der Waals surface area contributed by atoms with E-state index in [4.69, 9.17) is 10.5 Å².